The molecule has 6 unspecified atom stereocenters. The molecule has 0 radical (unpaired) electrons. The number of nitrogens with zero attached hydrogens (tertiary/aromatic N) is 8. The Morgan fingerprint density at radius 3 is 1.37 bits per heavy atom. The number of rotatable bonds is 19. The number of aliphatic hydroxyl groups is 1. The molecule has 4 aliphatic heterocycles. The summed E-state index contributed by atoms with van der Waals surface area (Å²) in [5.41, 5.74) is 4.00. The number of para-hydroxylation sites is 4. The number of hydrogen-bond acceptors (Lipinski definition) is 15. The Kier molecular flexibility index (Phi) is 24.8. The molecule has 8 fully saturated rings. The Morgan fingerprint density at radius 2 is 0.966 bits per heavy atom. The van der Waals surface area contributed by atoms with Crippen molar-refractivity contribution < 1.29 is 33.8 Å². The number of aromatic nitrogens is 4. The van der Waals surface area contributed by atoms with Gasteiger partial charge in [0.05, 0.1) is 55.2 Å². The van der Waals surface area contributed by atoms with Gasteiger partial charge in [0.2, 0.25) is 0 Å². The Bertz CT molecular complexity index is 3050. The second-order valence-corrected chi connectivity index (χ2v) is 25.5. The number of ether oxygens (including phenoxy) is 2. The van der Waals surface area contributed by atoms with Gasteiger partial charge in [-0.25, -0.2) is 9.97 Å². The van der Waals surface area contributed by atoms with Crippen LogP contribution >= 0.6 is 0 Å². The van der Waals surface area contributed by atoms with Gasteiger partial charge in [-0.3, -0.25) is 29.0 Å². The zero-order valence-electron chi connectivity index (χ0n) is 51.3. The van der Waals surface area contributed by atoms with E-state index in [9.17, 15) is 24.3 Å². The van der Waals surface area contributed by atoms with E-state index in [1.807, 2.05) is 71.5 Å². The lowest BCUT2D eigenvalue weighted by Crippen LogP contribution is -2.58. The number of carbonyl (C=O) groups excluding carboxylic acids is 2. The first-order valence-corrected chi connectivity index (χ1v) is 33.0. The molecule has 4 aromatic rings. The first-order chi connectivity index (χ1) is 41.6. The summed E-state index contributed by atoms with van der Waals surface area (Å²) >= 11 is 0. The largest absolute Gasteiger partial charge is 0.469 e. The second kappa shape index (κ2) is 32.1. The molecule has 87 heavy (non-hydrogen) atoms. The maximum absolute atomic E-state index is 14.4. The number of benzene rings is 2. The Balaban J connectivity index is 0.000000215. The quantitative estimate of drug-likeness (QED) is 0.0307. The summed E-state index contributed by atoms with van der Waals surface area (Å²) in [5, 5.41) is 17.7. The van der Waals surface area contributed by atoms with Crippen LogP contribution in [0.25, 0.3) is 22.1 Å². The fourth-order valence-electron chi connectivity index (χ4n) is 17.2. The predicted molar refractivity (Wildman–Crippen MR) is 346 cm³/mol. The van der Waals surface area contributed by atoms with Crippen LogP contribution in [0.15, 0.2) is 81.1 Å². The Hall–Kier alpha value is -5.78. The van der Waals surface area contributed by atoms with Crippen LogP contribution in [-0.4, -0.2) is 127 Å². The highest BCUT2D eigenvalue weighted by atomic mass is 16.6. The molecule has 4 saturated heterocycles. The Morgan fingerprint density at radius 1 is 0.563 bits per heavy atom. The highest BCUT2D eigenvalue weighted by Gasteiger charge is 2.48. The molecule has 0 spiro atoms. The summed E-state index contributed by atoms with van der Waals surface area (Å²) in [5.74, 6) is 2.89. The van der Waals surface area contributed by atoms with Crippen molar-refractivity contribution in [3.63, 3.8) is 0 Å². The predicted octanol–water partition coefficient (Wildman–Crippen LogP) is 13.1. The van der Waals surface area contributed by atoms with Crippen LogP contribution in [0.3, 0.4) is 0 Å². The maximum Gasteiger partial charge on any atom is 0.306 e. The van der Waals surface area contributed by atoms with Crippen molar-refractivity contribution in [3.8, 4) is 0 Å². The molecule has 4 saturated carbocycles. The molecule has 17 nitrogen and oxygen atoms in total. The van der Waals surface area contributed by atoms with E-state index in [0.29, 0.717) is 54.3 Å². The molecule has 1 N–H and O–H groups in total. The Labute approximate surface area is 517 Å². The van der Waals surface area contributed by atoms with Crippen molar-refractivity contribution in [1.82, 2.24) is 28.9 Å². The maximum atomic E-state index is 14.4. The van der Waals surface area contributed by atoms with Gasteiger partial charge in [0.15, 0.2) is 11.4 Å². The minimum absolute atomic E-state index is 0. The minimum Gasteiger partial charge on any atom is -0.469 e. The van der Waals surface area contributed by atoms with E-state index in [-0.39, 0.29) is 101 Å². The van der Waals surface area contributed by atoms with E-state index in [0.717, 1.165) is 71.4 Å². The number of aliphatic hydroxyl groups excluding tert-OH is 1. The lowest BCUT2D eigenvalue weighted by molar-refractivity contribution is -0.143. The van der Waals surface area contributed by atoms with Gasteiger partial charge < -0.3 is 33.4 Å². The van der Waals surface area contributed by atoms with Crippen LogP contribution in [0, 0.1) is 23.7 Å². The van der Waals surface area contributed by atoms with Crippen LogP contribution in [-0.2, 0) is 28.7 Å². The van der Waals surface area contributed by atoms with Crippen LogP contribution in [0.4, 0.5) is 0 Å². The molecule has 12 rings (SSSR count). The average molecular weight is 1200 g/mol. The van der Waals surface area contributed by atoms with Crippen molar-refractivity contribution >= 4 is 45.4 Å². The number of oxime groups is 2. The van der Waals surface area contributed by atoms with E-state index < -0.39 is 5.97 Å². The standard InChI is InChI=1S/C34H46N4O4.C32H44N4O5.C2H6.2CH4/c1-3-17-42-36-30(15-16-32(39)41-4-2)33-34(40)38(31-14-6-5-13-29(31)35-33)28-21-25-11-8-12-26(22-28)37(25)27-19-23-9-7-10-24(18-23)20-27;1-40-30(38)13-12-28(34-41-15-14-37)31-32(39)36(29-11-3-2-10-27(29)33-31)26-19-23-8-5-9-24(20-26)35(23)25-17-21-6-4-7-22(16-21)18-25;1-2;;/h3,5-6,13-14,23-28H,1,4,7-12,15-22H2,2H3;2-3,10-11,21-26,37H,4-9,12-20H2,1H3;1-2H3;2*1H4/t23?,24?,25-,26+,27?,28?;21?,22?,23-,24+,25?,26?;;;. The molecule has 17 heteroatoms. The number of piperidine rings is 4. The lowest BCUT2D eigenvalue weighted by atomic mass is 9.68. The smallest absolute Gasteiger partial charge is 0.306 e. The minimum atomic E-state index is -0.395. The van der Waals surface area contributed by atoms with Crippen molar-refractivity contribution in [2.45, 2.75) is 251 Å². The van der Waals surface area contributed by atoms with Gasteiger partial charge in [0, 0.05) is 61.2 Å². The van der Waals surface area contributed by atoms with Gasteiger partial charge in [-0.05, 0) is 145 Å². The SMILES string of the molecule is C.C.C=CCON=C(CCC(=O)OCC)c1nc2ccccc2n(C2C[C@H]3CCC[C@@H](C2)N3C2CC3CCCC(C3)C2)c1=O.CC.COC(=O)CCC(=NOCCO)c1nc2ccccc2n(C2C[C@H]3CCC[C@@H](C2)N3C2CC3CCCC(C3)C2)c1=O. The summed E-state index contributed by atoms with van der Waals surface area (Å²) in [4.78, 5) is 78.9. The monoisotopic (exact) mass is 1200 g/mol. The van der Waals surface area contributed by atoms with Crippen LogP contribution < -0.4 is 11.1 Å². The first kappa shape index (κ1) is 67.2. The first-order valence-electron chi connectivity index (χ1n) is 33.0. The molecular formula is C70H104N8O9. The zero-order valence-corrected chi connectivity index (χ0v) is 51.3. The highest BCUT2D eigenvalue weighted by molar-refractivity contribution is 6.01. The fourth-order valence-corrected chi connectivity index (χ4v) is 17.2. The molecule has 4 aliphatic carbocycles. The van der Waals surface area contributed by atoms with Crippen molar-refractivity contribution in [3.05, 3.63) is 93.3 Å². The average Bonchev–Trinajstić information content (AvgIpc) is 2.39. The third kappa shape index (κ3) is 15.6. The number of fused-ring (bicyclic) bond motifs is 10. The molecule has 478 valence electrons. The van der Waals surface area contributed by atoms with Gasteiger partial charge in [0.25, 0.3) is 11.1 Å². The topological polar surface area (TPSA) is 192 Å². The van der Waals surface area contributed by atoms with Gasteiger partial charge in [0.1, 0.15) is 24.6 Å². The second-order valence-electron chi connectivity index (χ2n) is 25.5. The molecule has 8 bridgehead atoms. The third-order valence-electron chi connectivity index (χ3n) is 20.3. The van der Waals surface area contributed by atoms with Crippen LogP contribution in [0.2, 0.25) is 0 Å². The normalized spacial score (nSPS) is 28.7. The molecule has 6 heterocycles. The van der Waals surface area contributed by atoms with Gasteiger partial charge in [-0.1, -0.05) is 127 Å². The summed E-state index contributed by atoms with van der Waals surface area (Å²) in [6.07, 6.45) is 30.2. The molecule has 0 amide bonds. The van der Waals surface area contributed by atoms with E-state index in [4.69, 9.17) is 29.1 Å². The van der Waals surface area contributed by atoms with E-state index >= 15 is 0 Å². The van der Waals surface area contributed by atoms with E-state index in [2.05, 4.69) is 26.7 Å². The van der Waals surface area contributed by atoms with Crippen molar-refractivity contribution in [2.24, 2.45) is 34.0 Å². The van der Waals surface area contributed by atoms with Crippen molar-refractivity contribution in [1.29, 1.82) is 0 Å². The molecular weight excluding hydrogens is 1100 g/mol. The van der Waals surface area contributed by atoms with E-state index in [1.54, 1.807) is 13.0 Å². The number of hydrogen-bond donors (Lipinski definition) is 1. The summed E-state index contributed by atoms with van der Waals surface area (Å²) in [6, 6.07) is 19.3. The summed E-state index contributed by atoms with van der Waals surface area (Å²) in [7, 11) is 1.34. The zero-order chi connectivity index (χ0) is 59.4. The van der Waals surface area contributed by atoms with Gasteiger partial charge in [-0.15, -0.1) is 0 Å². The third-order valence-corrected chi connectivity index (χ3v) is 20.3. The molecule has 2 aromatic carbocycles. The van der Waals surface area contributed by atoms with Gasteiger partial charge in [-0.2, -0.15) is 0 Å². The number of carbonyl (C=O) groups is 2. The van der Waals surface area contributed by atoms with Gasteiger partial charge >= 0.3 is 11.9 Å². The highest BCUT2D eigenvalue weighted by Crippen LogP contribution is 2.49. The summed E-state index contributed by atoms with van der Waals surface area (Å²) in [6.45, 7) is 9.78. The summed E-state index contributed by atoms with van der Waals surface area (Å²) < 4.78 is 13.9. The number of methoxy groups -OCH3 is 1. The van der Waals surface area contributed by atoms with Crippen LogP contribution in [0.1, 0.15) is 226 Å². The lowest BCUT2D eigenvalue weighted by Gasteiger charge is -2.55. The van der Waals surface area contributed by atoms with Crippen molar-refractivity contribution in [2.75, 3.05) is 33.5 Å². The van der Waals surface area contributed by atoms with Crippen LogP contribution in [0.5, 0.6) is 0 Å². The molecule has 2 aromatic heterocycles. The molecule has 10 atom stereocenters. The fraction of sp³-hybridized carbons (Fsp3) is 0.686. The van der Waals surface area contributed by atoms with E-state index in [1.165, 1.54) is 123 Å². The molecule has 8 aliphatic rings. The number of esters is 2.